The zero-order chi connectivity index (χ0) is 10.3. The normalized spacial score (nSPS) is 27.1. The fourth-order valence-electron chi connectivity index (χ4n) is 2.29. The molecule has 1 amide bonds. The minimum Gasteiger partial charge on any atom is -0.455 e. The summed E-state index contributed by atoms with van der Waals surface area (Å²) >= 11 is 0. The predicted octanol–water partition coefficient (Wildman–Crippen LogP) is 1.53. The standard InChI is InChI=1S/C8H19NO2Si2/c1-12(2)5-7(8(9)10)6-13(3,4)11-12/h7H,5-6H2,1-4H3,(H2,9,10). The molecule has 0 radical (unpaired) electrons. The molecule has 1 aliphatic heterocycles. The van der Waals surface area contributed by atoms with Gasteiger partial charge in [0.25, 0.3) is 0 Å². The maximum atomic E-state index is 11.1. The number of nitrogens with two attached hydrogens (primary N) is 1. The van der Waals surface area contributed by atoms with Gasteiger partial charge in [-0.05, 0) is 38.3 Å². The first kappa shape index (κ1) is 10.9. The summed E-state index contributed by atoms with van der Waals surface area (Å²) in [5.74, 6) is -0.0541. The first-order chi connectivity index (χ1) is 5.72. The monoisotopic (exact) mass is 217 g/mol. The van der Waals surface area contributed by atoms with Gasteiger partial charge in [-0.1, -0.05) is 0 Å². The third-order valence-electron chi connectivity index (χ3n) is 2.43. The summed E-state index contributed by atoms with van der Waals surface area (Å²) in [5.41, 5.74) is 5.36. The van der Waals surface area contributed by atoms with E-state index in [9.17, 15) is 4.79 Å². The summed E-state index contributed by atoms with van der Waals surface area (Å²) in [6, 6.07) is 1.80. The predicted molar refractivity (Wildman–Crippen MR) is 58.3 cm³/mol. The van der Waals surface area contributed by atoms with Crippen LogP contribution in [0, 0.1) is 5.92 Å². The minimum atomic E-state index is -1.59. The second-order valence-corrected chi connectivity index (χ2v) is 13.8. The Morgan fingerprint density at radius 1 is 1.23 bits per heavy atom. The highest BCUT2D eigenvalue weighted by atomic mass is 28.4. The van der Waals surface area contributed by atoms with Crippen LogP contribution in [0.1, 0.15) is 0 Å². The lowest BCUT2D eigenvalue weighted by atomic mass is 10.2. The Morgan fingerprint density at radius 2 is 1.62 bits per heavy atom. The maximum Gasteiger partial charge on any atom is 0.220 e. The molecule has 0 aliphatic carbocycles. The number of hydrogen-bond acceptors (Lipinski definition) is 2. The van der Waals surface area contributed by atoms with E-state index in [0.29, 0.717) is 0 Å². The highest BCUT2D eigenvalue weighted by molar-refractivity contribution is 6.86. The van der Waals surface area contributed by atoms with E-state index in [1.807, 2.05) is 0 Å². The van der Waals surface area contributed by atoms with Crippen LogP contribution in [0.25, 0.3) is 0 Å². The molecule has 76 valence electrons. The van der Waals surface area contributed by atoms with Gasteiger partial charge in [0.05, 0.1) is 0 Å². The maximum absolute atomic E-state index is 11.1. The molecular weight excluding hydrogens is 198 g/mol. The van der Waals surface area contributed by atoms with Crippen LogP contribution in [-0.4, -0.2) is 22.5 Å². The lowest BCUT2D eigenvalue weighted by molar-refractivity contribution is -0.121. The van der Waals surface area contributed by atoms with Crippen LogP contribution in [0.2, 0.25) is 38.3 Å². The average Bonchev–Trinajstić information content (AvgIpc) is 1.79. The second-order valence-electron chi connectivity index (χ2n) is 5.13. The Kier molecular flexibility index (Phi) is 2.71. The molecule has 1 fully saturated rings. The van der Waals surface area contributed by atoms with Gasteiger partial charge in [0.1, 0.15) is 0 Å². The van der Waals surface area contributed by atoms with Crippen molar-refractivity contribution in [2.24, 2.45) is 11.7 Å². The van der Waals surface area contributed by atoms with Crippen LogP contribution in [0.3, 0.4) is 0 Å². The molecule has 5 heteroatoms. The zero-order valence-electron chi connectivity index (χ0n) is 8.89. The number of amides is 1. The zero-order valence-corrected chi connectivity index (χ0v) is 10.9. The van der Waals surface area contributed by atoms with Crippen molar-refractivity contribution in [3.63, 3.8) is 0 Å². The summed E-state index contributed by atoms with van der Waals surface area (Å²) in [6.07, 6.45) is 0. The average molecular weight is 217 g/mol. The fourth-order valence-corrected chi connectivity index (χ4v) is 12.3. The lowest BCUT2D eigenvalue weighted by Gasteiger charge is -2.42. The molecule has 0 spiro atoms. The van der Waals surface area contributed by atoms with Gasteiger partial charge in [-0.15, -0.1) is 0 Å². The van der Waals surface area contributed by atoms with Crippen molar-refractivity contribution in [1.29, 1.82) is 0 Å². The van der Waals surface area contributed by atoms with Crippen molar-refractivity contribution in [2.75, 3.05) is 0 Å². The number of primary amides is 1. The smallest absolute Gasteiger partial charge is 0.220 e. The number of rotatable bonds is 1. The van der Waals surface area contributed by atoms with Gasteiger partial charge in [0.15, 0.2) is 16.6 Å². The first-order valence-corrected chi connectivity index (χ1v) is 10.9. The number of carbonyl (C=O) groups is 1. The minimum absolute atomic E-state index is 0.0806. The van der Waals surface area contributed by atoms with Gasteiger partial charge in [-0.3, -0.25) is 4.79 Å². The van der Waals surface area contributed by atoms with Crippen molar-refractivity contribution in [2.45, 2.75) is 38.3 Å². The molecule has 13 heavy (non-hydrogen) atoms. The SMILES string of the molecule is C[Si]1(C)CC(C(N)=O)C[Si](C)(C)O1. The lowest BCUT2D eigenvalue weighted by Crippen LogP contribution is -2.53. The fraction of sp³-hybridized carbons (Fsp3) is 0.875. The highest BCUT2D eigenvalue weighted by Crippen LogP contribution is 2.35. The molecule has 2 N–H and O–H groups in total. The van der Waals surface area contributed by atoms with Crippen LogP contribution in [0.4, 0.5) is 0 Å². The van der Waals surface area contributed by atoms with E-state index < -0.39 is 16.6 Å². The summed E-state index contributed by atoms with van der Waals surface area (Å²) in [4.78, 5) is 11.1. The molecule has 1 saturated heterocycles. The molecule has 1 heterocycles. The van der Waals surface area contributed by atoms with Gasteiger partial charge < -0.3 is 9.85 Å². The number of hydrogen-bond donors (Lipinski definition) is 1. The van der Waals surface area contributed by atoms with Crippen LogP contribution in [0.15, 0.2) is 0 Å². The Balaban J connectivity index is 2.78. The van der Waals surface area contributed by atoms with Crippen molar-refractivity contribution in [3.05, 3.63) is 0 Å². The summed E-state index contributed by atoms with van der Waals surface area (Å²) in [7, 11) is -3.18. The van der Waals surface area contributed by atoms with Crippen molar-refractivity contribution in [1.82, 2.24) is 0 Å². The van der Waals surface area contributed by atoms with Gasteiger partial charge >= 0.3 is 0 Å². The Bertz CT molecular complexity index is 212. The van der Waals surface area contributed by atoms with E-state index in [-0.39, 0.29) is 11.8 Å². The molecule has 1 rings (SSSR count). The summed E-state index contributed by atoms with van der Waals surface area (Å²) in [6.45, 7) is 8.71. The van der Waals surface area contributed by atoms with E-state index in [1.165, 1.54) is 0 Å². The quantitative estimate of drug-likeness (QED) is 0.677. The molecular formula is C8H19NO2Si2. The molecule has 0 aromatic heterocycles. The van der Waals surface area contributed by atoms with Crippen LogP contribution in [0.5, 0.6) is 0 Å². The van der Waals surface area contributed by atoms with E-state index >= 15 is 0 Å². The Hall–Kier alpha value is -0.136. The van der Waals surface area contributed by atoms with Gasteiger partial charge in [0, 0.05) is 5.92 Å². The molecule has 1 aliphatic rings. The molecule has 0 aromatic rings. The molecule has 3 nitrogen and oxygen atoms in total. The summed E-state index contributed by atoms with van der Waals surface area (Å²) in [5, 5.41) is 0. The molecule has 0 saturated carbocycles. The van der Waals surface area contributed by atoms with E-state index in [1.54, 1.807) is 0 Å². The van der Waals surface area contributed by atoms with Crippen LogP contribution in [-0.2, 0) is 8.91 Å². The van der Waals surface area contributed by atoms with E-state index in [0.717, 1.165) is 12.1 Å². The van der Waals surface area contributed by atoms with Gasteiger partial charge in [0.2, 0.25) is 5.91 Å². The summed E-state index contributed by atoms with van der Waals surface area (Å²) < 4.78 is 6.11. The molecule has 0 aromatic carbocycles. The molecule has 0 unspecified atom stereocenters. The Morgan fingerprint density at radius 3 is 1.92 bits per heavy atom. The van der Waals surface area contributed by atoms with Crippen molar-refractivity contribution in [3.8, 4) is 0 Å². The van der Waals surface area contributed by atoms with Gasteiger partial charge in [-0.25, -0.2) is 0 Å². The Labute approximate surface area is 81.9 Å². The van der Waals surface area contributed by atoms with Crippen molar-refractivity contribution < 1.29 is 8.91 Å². The topological polar surface area (TPSA) is 52.3 Å². The molecule has 0 bridgehead atoms. The largest absolute Gasteiger partial charge is 0.455 e. The molecule has 0 atom stereocenters. The first-order valence-electron chi connectivity index (χ1n) is 4.71. The van der Waals surface area contributed by atoms with E-state index in [2.05, 4.69) is 26.2 Å². The van der Waals surface area contributed by atoms with Crippen LogP contribution >= 0.6 is 0 Å². The number of carbonyl (C=O) groups excluding carboxylic acids is 1. The third kappa shape index (κ3) is 2.93. The van der Waals surface area contributed by atoms with E-state index in [4.69, 9.17) is 9.85 Å². The van der Waals surface area contributed by atoms with Crippen molar-refractivity contribution >= 4 is 22.5 Å². The van der Waals surface area contributed by atoms with Gasteiger partial charge in [-0.2, -0.15) is 0 Å². The third-order valence-corrected chi connectivity index (χ3v) is 9.80. The van der Waals surface area contributed by atoms with Crippen LogP contribution < -0.4 is 5.73 Å². The highest BCUT2D eigenvalue weighted by Gasteiger charge is 2.43. The second kappa shape index (κ2) is 3.22.